The number of halogens is 1. The maximum absolute atomic E-state index is 5.86. The summed E-state index contributed by atoms with van der Waals surface area (Å²) in [4.78, 5) is 2.67. The Morgan fingerprint density at radius 2 is 1.94 bits per heavy atom. The second kappa shape index (κ2) is 4.86. The molecule has 3 rings (SSSR count). The molecule has 2 N–H and O–H groups in total. The summed E-state index contributed by atoms with van der Waals surface area (Å²) in [5.41, 5.74) is 8.68. The molecule has 2 saturated heterocycles. The van der Waals surface area contributed by atoms with Gasteiger partial charge in [0.1, 0.15) is 0 Å². The van der Waals surface area contributed by atoms with Gasteiger partial charge in [-0.3, -0.25) is 0 Å². The smallest absolute Gasteiger partial charge is 0.0401 e. The highest BCUT2D eigenvalue weighted by atomic mass is 79.9. The van der Waals surface area contributed by atoms with Crippen LogP contribution in [0.3, 0.4) is 0 Å². The maximum atomic E-state index is 5.86. The summed E-state index contributed by atoms with van der Waals surface area (Å²) in [7, 11) is 0. The Balaban J connectivity index is 1.89. The fourth-order valence-electron chi connectivity index (χ4n) is 3.78. The fraction of sp³-hybridized carbons (Fsp3) is 0.600. The Labute approximate surface area is 118 Å². The van der Waals surface area contributed by atoms with Crippen molar-refractivity contribution in [1.29, 1.82) is 0 Å². The van der Waals surface area contributed by atoms with Crippen LogP contribution in [-0.2, 0) is 0 Å². The average molecular weight is 309 g/mol. The molecule has 0 saturated carbocycles. The molecule has 0 radical (unpaired) electrons. The van der Waals surface area contributed by atoms with E-state index < -0.39 is 0 Å². The van der Waals surface area contributed by atoms with Gasteiger partial charge in [0.05, 0.1) is 0 Å². The lowest BCUT2D eigenvalue weighted by molar-refractivity contribution is 0.346. The summed E-state index contributed by atoms with van der Waals surface area (Å²) in [6.07, 6.45) is 5.25. The van der Waals surface area contributed by atoms with E-state index in [-0.39, 0.29) is 0 Å². The van der Waals surface area contributed by atoms with Crippen LogP contribution in [0.1, 0.15) is 31.2 Å². The van der Waals surface area contributed by atoms with E-state index in [0.717, 1.165) is 24.5 Å². The maximum Gasteiger partial charge on any atom is 0.0401 e. The van der Waals surface area contributed by atoms with E-state index in [2.05, 4.69) is 46.0 Å². The Bertz CT molecular complexity index is 432. The molecular weight excluding hydrogens is 288 g/mol. The lowest BCUT2D eigenvalue weighted by Crippen LogP contribution is -2.44. The molecule has 2 aliphatic heterocycles. The van der Waals surface area contributed by atoms with Gasteiger partial charge in [-0.1, -0.05) is 15.9 Å². The van der Waals surface area contributed by atoms with Crippen LogP contribution in [0.5, 0.6) is 0 Å². The van der Waals surface area contributed by atoms with Crippen molar-refractivity contribution in [1.82, 2.24) is 0 Å². The third-order valence-corrected chi connectivity index (χ3v) is 5.09. The zero-order valence-corrected chi connectivity index (χ0v) is 12.5. The average Bonchev–Trinajstić information content (AvgIpc) is 2.60. The van der Waals surface area contributed by atoms with E-state index in [1.165, 1.54) is 41.4 Å². The molecule has 0 aliphatic carbocycles. The van der Waals surface area contributed by atoms with Gasteiger partial charge >= 0.3 is 0 Å². The van der Waals surface area contributed by atoms with Crippen LogP contribution in [0, 0.1) is 12.8 Å². The highest BCUT2D eigenvalue weighted by Crippen LogP contribution is 2.42. The molecule has 98 valence electrons. The first-order chi connectivity index (χ1) is 8.69. The van der Waals surface area contributed by atoms with E-state index in [0.29, 0.717) is 0 Å². The lowest BCUT2D eigenvalue weighted by atomic mass is 9.90. The Kier molecular flexibility index (Phi) is 3.37. The third kappa shape index (κ3) is 2.08. The standard InChI is InChI=1S/C15H21BrN2/c1-10-6-12(16)2-5-15(10)18-13-3-4-14(18)8-11(7-13)9-17/h2,5-6,11,13-14H,3-4,7-9,17H2,1H3. The summed E-state index contributed by atoms with van der Waals surface area (Å²) in [5, 5.41) is 0. The quantitative estimate of drug-likeness (QED) is 0.906. The molecule has 3 heteroatoms. The SMILES string of the molecule is Cc1cc(Br)ccc1N1C2CCC1CC(CN)C2. The van der Waals surface area contributed by atoms with Crippen LogP contribution in [0.25, 0.3) is 0 Å². The second-order valence-electron chi connectivity index (χ2n) is 5.80. The van der Waals surface area contributed by atoms with E-state index in [1.807, 2.05) is 0 Å². The van der Waals surface area contributed by atoms with Gasteiger partial charge in [-0.25, -0.2) is 0 Å². The van der Waals surface area contributed by atoms with Gasteiger partial charge in [0.15, 0.2) is 0 Å². The molecule has 1 aromatic carbocycles. The Morgan fingerprint density at radius 3 is 2.50 bits per heavy atom. The van der Waals surface area contributed by atoms with Crippen LogP contribution in [0.4, 0.5) is 5.69 Å². The number of aryl methyl sites for hydroxylation is 1. The van der Waals surface area contributed by atoms with Crippen molar-refractivity contribution in [2.24, 2.45) is 11.7 Å². The molecule has 0 aromatic heterocycles. The van der Waals surface area contributed by atoms with Crippen molar-refractivity contribution in [2.75, 3.05) is 11.4 Å². The van der Waals surface area contributed by atoms with E-state index >= 15 is 0 Å². The number of hydrogen-bond donors (Lipinski definition) is 1. The van der Waals surface area contributed by atoms with Crippen LogP contribution in [-0.4, -0.2) is 18.6 Å². The van der Waals surface area contributed by atoms with Gasteiger partial charge in [-0.2, -0.15) is 0 Å². The van der Waals surface area contributed by atoms with Gasteiger partial charge in [0.2, 0.25) is 0 Å². The van der Waals surface area contributed by atoms with Crippen LogP contribution >= 0.6 is 15.9 Å². The third-order valence-electron chi connectivity index (χ3n) is 4.60. The molecule has 2 nitrogen and oxygen atoms in total. The van der Waals surface area contributed by atoms with Crippen LogP contribution < -0.4 is 10.6 Å². The minimum absolute atomic E-state index is 0.720. The number of fused-ring (bicyclic) bond motifs is 2. The highest BCUT2D eigenvalue weighted by Gasteiger charge is 2.40. The zero-order chi connectivity index (χ0) is 12.7. The number of hydrogen-bond acceptors (Lipinski definition) is 2. The minimum Gasteiger partial charge on any atom is -0.365 e. The Hall–Kier alpha value is -0.540. The molecule has 2 atom stereocenters. The monoisotopic (exact) mass is 308 g/mol. The summed E-state index contributed by atoms with van der Waals surface area (Å²) < 4.78 is 1.17. The van der Waals surface area contributed by atoms with Gasteiger partial charge in [0, 0.05) is 22.2 Å². The number of benzene rings is 1. The van der Waals surface area contributed by atoms with Crippen LogP contribution in [0.15, 0.2) is 22.7 Å². The second-order valence-corrected chi connectivity index (χ2v) is 6.71. The van der Waals surface area contributed by atoms with Crippen molar-refractivity contribution in [3.63, 3.8) is 0 Å². The molecular formula is C15H21BrN2. The molecule has 2 heterocycles. The molecule has 0 amide bonds. The van der Waals surface area contributed by atoms with Gasteiger partial charge in [0.25, 0.3) is 0 Å². The molecule has 2 fully saturated rings. The largest absolute Gasteiger partial charge is 0.365 e. The number of nitrogens with two attached hydrogens (primary N) is 1. The Morgan fingerprint density at radius 1 is 1.28 bits per heavy atom. The summed E-state index contributed by atoms with van der Waals surface area (Å²) >= 11 is 3.55. The van der Waals surface area contributed by atoms with Gasteiger partial charge in [-0.05, 0) is 68.8 Å². The number of anilines is 1. The van der Waals surface area contributed by atoms with Crippen molar-refractivity contribution in [2.45, 2.75) is 44.7 Å². The fourth-order valence-corrected chi connectivity index (χ4v) is 4.26. The van der Waals surface area contributed by atoms with Gasteiger partial charge < -0.3 is 10.6 Å². The summed E-state index contributed by atoms with van der Waals surface area (Å²) in [6, 6.07) is 8.10. The predicted octanol–water partition coefficient (Wildman–Crippen LogP) is 3.46. The van der Waals surface area contributed by atoms with Crippen molar-refractivity contribution in [3.05, 3.63) is 28.2 Å². The van der Waals surface area contributed by atoms with E-state index in [9.17, 15) is 0 Å². The van der Waals surface area contributed by atoms with Crippen molar-refractivity contribution < 1.29 is 0 Å². The lowest BCUT2D eigenvalue weighted by Gasteiger charge is -2.41. The van der Waals surface area contributed by atoms with Gasteiger partial charge in [-0.15, -0.1) is 0 Å². The molecule has 18 heavy (non-hydrogen) atoms. The highest BCUT2D eigenvalue weighted by molar-refractivity contribution is 9.10. The first kappa shape index (κ1) is 12.5. The number of nitrogens with zero attached hydrogens (tertiary/aromatic N) is 1. The van der Waals surface area contributed by atoms with Crippen molar-refractivity contribution >= 4 is 21.6 Å². The molecule has 2 bridgehead atoms. The minimum atomic E-state index is 0.720. The van der Waals surface area contributed by atoms with Crippen LogP contribution in [0.2, 0.25) is 0 Å². The summed E-state index contributed by atoms with van der Waals surface area (Å²) in [6.45, 7) is 3.08. The first-order valence-corrected chi connectivity index (χ1v) is 7.73. The van der Waals surface area contributed by atoms with E-state index in [4.69, 9.17) is 5.73 Å². The summed E-state index contributed by atoms with van der Waals surface area (Å²) in [5.74, 6) is 0.745. The molecule has 2 aliphatic rings. The molecule has 2 unspecified atom stereocenters. The number of rotatable bonds is 2. The predicted molar refractivity (Wildman–Crippen MR) is 79.9 cm³/mol. The molecule has 1 aromatic rings. The normalized spacial score (nSPS) is 30.8. The number of piperidine rings is 1. The molecule has 0 spiro atoms. The first-order valence-electron chi connectivity index (χ1n) is 6.93. The van der Waals surface area contributed by atoms with E-state index in [1.54, 1.807) is 0 Å². The zero-order valence-electron chi connectivity index (χ0n) is 10.9. The van der Waals surface area contributed by atoms with Crippen molar-refractivity contribution in [3.8, 4) is 0 Å². The topological polar surface area (TPSA) is 29.3 Å².